The van der Waals surface area contributed by atoms with Crippen LogP contribution in [0.4, 0.5) is 5.69 Å². The highest BCUT2D eigenvalue weighted by molar-refractivity contribution is 7.92. The molecular weight excluding hydrogens is 593 g/mol. The maximum atomic E-state index is 13.9. The number of carbonyl (C=O) groups is 2. The second kappa shape index (κ2) is 12.4. The van der Waals surface area contributed by atoms with Crippen molar-refractivity contribution in [3.05, 3.63) is 63.6 Å². The molecule has 4 aliphatic rings. The molecule has 228 valence electrons. The quantitative estimate of drug-likeness (QED) is 0.321. The van der Waals surface area contributed by atoms with E-state index >= 15 is 0 Å². The highest BCUT2D eigenvalue weighted by Gasteiger charge is 2.51. The Bertz CT molecular complexity index is 1390. The molecule has 0 saturated heterocycles. The van der Waals surface area contributed by atoms with Crippen LogP contribution in [-0.4, -0.2) is 50.5 Å². The number of nitrogens with zero attached hydrogens (tertiary/aromatic N) is 2. The lowest BCUT2D eigenvalue weighted by Crippen LogP contribution is -2.52. The molecule has 42 heavy (non-hydrogen) atoms. The van der Waals surface area contributed by atoms with Gasteiger partial charge in [0.1, 0.15) is 12.6 Å². The Hall–Kier alpha value is -2.29. The average Bonchev–Trinajstić information content (AvgIpc) is 2.91. The van der Waals surface area contributed by atoms with Crippen molar-refractivity contribution in [1.29, 1.82) is 0 Å². The summed E-state index contributed by atoms with van der Waals surface area (Å²) in [5.74, 6) is 1.62. The molecule has 7 nitrogen and oxygen atoms in total. The van der Waals surface area contributed by atoms with Gasteiger partial charge in [0.25, 0.3) is 0 Å². The number of halogens is 2. The standard InChI is InChI=1S/C32H41Cl2N3O4S/c1-4-29(31(39)35-5-2)36(19-24-6-9-26(33)15-28(24)34)30(38)20-37(42(3,40)41)27-10-7-25(8-11-27)32-16-21-12-22(17-32)14-23(13-21)18-32/h6-11,15,21-23,29H,4-5,12-14,16-20H2,1-3H3,(H,35,39)/t21?,22?,23?,29-,32?/m0/s1. The van der Waals surface area contributed by atoms with Crippen LogP contribution < -0.4 is 9.62 Å². The smallest absolute Gasteiger partial charge is 0.244 e. The Kier molecular flexibility index (Phi) is 9.17. The van der Waals surface area contributed by atoms with Gasteiger partial charge in [-0.25, -0.2) is 8.42 Å². The van der Waals surface area contributed by atoms with Crippen LogP contribution >= 0.6 is 23.2 Å². The van der Waals surface area contributed by atoms with Crippen LogP contribution in [0.2, 0.25) is 10.0 Å². The van der Waals surface area contributed by atoms with E-state index in [9.17, 15) is 18.0 Å². The Balaban J connectivity index is 1.41. The van der Waals surface area contributed by atoms with E-state index in [0.29, 0.717) is 34.3 Å². The predicted octanol–water partition coefficient (Wildman–Crippen LogP) is 6.17. The first-order valence-electron chi connectivity index (χ1n) is 15.0. The number of amides is 2. The van der Waals surface area contributed by atoms with Gasteiger partial charge in [-0.1, -0.05) is 48.3 Å². The van der Waals surface area contributed by atoms with Crippen LogP contribution in [0.1, 0.15) is 69.9 Å². The summed E-state index contributed by atoms with van der Waals surface area (Å²) in [6.07, 6.45) is 9.17. The second-order valence-electron chi connectivity index (χ2n) is 12.6. The molecule has 0 heterocycles. The zero-order valence-corrected chi connectivity index (χ0v) is 26.9. The maximum Gasteiger partial charge on any atom is 0.244 e. The number of hydrogen-bond acceptors (Lipinski definition) is 4. The number of anilines is 1. The van der Waals surface area contributed by atoms with Crippen molar-refractivity contribution in [3.63, 3.8) is 0 Å². The van der Waals surface area contributed by atoms with E-state index < -0.39 is 28.5 Å². The van der Waals surface area contributed by atoms with Gasteiger partial charge in [-0.2, -0.15) is 0 Å². The van der Waals surface area contributed by atoms with Gasteiger partial charge in [-0.05, 0) is 110 Å². The van der Waals surface area contributed by atoms with Gasteiger partial charge < -0.3 is 10.2 Å². The van der Waals surface area contributed by atoms with Crippen molar-refractivity contribution in [2.75, 3.05) is 23.7 Å². The van der Waals surface area contributed by atoms with Gasteiger partial charge in [0.15, 0.2) is 0 Å². The zero-order chi connectivity index (χ0) is 30.2. The highest BCUT2D eigenvalue weighted by Crippen LogP contribution is 2.60. The van der Waals surface area contributed by atoms with E-state index in [1.165, 1.54) is 49.0 Å². The van der Waals surface area contributed by atoms with Crippen LogP contribution in [0.5, 0.6) is 0 Å². The molecule has 4 aliphatic carbocycles. The summed E-state index contributed by atoms with van der Waals surface area (Å²) < 4.78 is 27.3. The summed E-state index contributed by atoms with van der Waals surface area (Å²) in [7, 11) is -3.81. The molecule has 0 aliphatic heterocycles. The summed E-state index contributed by atoms with van der Waals surface area (Å²) in [5.41, 5.74) is 2.53. The van der Waals surface area contributed by atoms with E-state index in [-0.39, 0.29) is 17.9 Å². The third-order valence-electron chi connectivity index (χ3n) is 9.58. The summed E-state index contributed by atoms with van der Waals surface area (Å²) in [5, 5.41) is 3.62. The fourth-order valence-electron chi connectivity index (χ4n) is 8.10. The lowest BCUT2D eigenvalue weighted by Gasteiger charge is -2.57. The van der Waals surface area contributed by atoms with Crippen LogP contribution in [0.25, 0.3) is 0 Å². The fraction of sp³-hybridized carbons (Fsp3) is 0.562. The van der Waals surface area contributed by atoms with E-state index in [0.717, 1.165) is 28.3 Å². The molecule has 2 amide bonds. The molecule has 0 aromatic heterocycles. The average molecular weight is 635 g/mol. The van der Waals surface area contributed by atoms with Gasteiger partial charge >= 0.3 is 0 Å². The molecule has 0 unspecified atom stereocenters. The Morgan fingerprint density at radius 2 is 1.57 bits per heavy atom. The molecule has 2 aromatic rings. The molecule has 6 rings (SSSR count). The summed E-state index contributed by atoms with van der Waals surface area (Å²) in [6, 6.07) is 12.0. The summed E-state index contributed by atoms with van der Waals surface area (Å²) in [4.78, 5) is 28.4. The zero-order valence-electron chi connectivity index (χ0n) is 24.6. The van der Waals surface area contributed by atoms with Gasteiger partial charge in [0.05, 0.1) is 11.9 Å². The molecule has 1 N–H and O–H groups in total. The molecular formula is C32H41Cl2N3O4S. The molecule has 1 atom stereocenters. The van der Waals surface area contributed by atoms with Crippen LogP contribution in [0.15, 0.2) is 42.5 Å². The Morgan fingerprint density at radius 1 is 0.976 bits per heavy atom. The van der Waals surface area contributed by atoms with Crippen molar-refractivity contribution < 1.29 is 18.0 Å². The summed E-state index contributed by atoms with van der Waals surface area (Å²) in [6.45, 7) is 3.64. The third-order valence-corrected chi connectivity index (χ3v) is 11.3. The molecule has 10 heteroatoms. The first-order chi connectivity index (χ1) is 19.9. The van der Waals surface area contributed by atoms with Gasteiger partial charge in [0, 0.05) is 23.1 Å². The number of nitrogens with one attached hydrogen (secondary N) is 1. The van der Waals surface area contributed by atoms with Gasteiger partial charge in [-0.15, -0.1) is 0 Å². The lowest BCUT2D eigenvalue weighted by atomic mass is 9.48. The van der Waals surface area contributed by atoms with Crippen LogP contribution in [0, 0.1) is 17.8 Å². The number of rotatable bonds is 11. The monoisotopic (exact) mass is 633 g/mol. The Labute approximate surface area is 260 Å². The van der Waals surface area contributed by atoms with E-state index in [4.69, 9.17) is 23.2 Å². The topological polar surface area (TPSA) is 86.8 Å². The van der Waals surface area contributed by atoms with Crippen molar-refractivity contribution in [3.8, 4) is 0 Å². The number of sulfonamides is 1. The maximum absolute atomic E-state index is 13.9. The normalized spacial score (nSPS) is 25.2. The summed E-state index contributed by atoms with van der Waals surface area (Å²) >= 11 is 12.5. The molecule has 0 radical (unpaired) electrons. The highest BCUT2D eigenvalue weighted by atomic mass is 35.5. The van der Waals surface area contributed by atoms with Crippen molar-refractivity contribution in [1.82, 2.24) is 10.2 Å². The minimum Gasteiger partial charge on any atom is -0.355 e. The number of benzene rings is 2. The van der Waals surface area contributed by atoms with Crippen molar-refractivity contribution in [2.24, 2.45) is 17.8 Å². The third kappa shape index (κ3) is 6.46. The number of likely N-dealkylation sites (N-methyl/N-ethyl adjacent to an activating group) is 1. The molecule has 4 fully saturated rings. The first-order valence-corrected chi connectivity index (χ1v) is 17.6. The van der Waals surface area contributed by atoms with Crippen LogP contribution in [0.3, 0.4) is 0 Å². The van der Waals surface area contributed by atoms with Crippen molar-refractivity contribution >= 4 is 50.7 Å². The second-order valence-corrected chi connectivity index (χ2v) is 15.3. The Morgan fingerprint density at radius 3 is 2.07 bits per heavy atom. The van der Waals surface area contributed by atoms with Crippen molar-refractivity contribution in [2.45, 2.75) is 76.8 Å². The SMILES string of the molecule is CCNC(=O)[C@H](CC)N(Cc1ccc(Cl)cc1Cl)C(=O)CN(c1ccc(C23CC4CC(CC(C4)C2)C3)cc1)S(C)(=O)=O. The minimum atomic E-state index is -3.81. The molecule has 4 bridgehead atoms. The molecule has 4 saturated carbocycles. The van der Waals surface area contributed by atoms with E-state index in [2.05, 4.69) is 17.4 Å². The first kappa shape index (κ1) is 31.1. The number of hydrogen-bond donors (Lipinski definition) is 1. The van der Waals surface area contributed by atoms with E-state index in [1.807, 2.05) is 26.0 Å². The van der Waals surface area contributed by atoms with Gasteiger partial charge in [0.2, 0.25) is 21.8 Å². The number of carbonyl (C=O) groups excluding carboxylic acids is 2. The molecule has 0 spiro atoms. The molecule has 2 aromatic carbocycles. The minimum absolute atomic E-state index is 0.0348. The fourth-order valence-corrected chi connectivity index (χ4v) is 9.42. The lowest BCUT2D eigenvalue weighted by molar-refractivity contribution is -0.140. The van der Waals surface area contributed by atoms with E-state index in [1.54, 1.807) is 18.2 Å². The van der Waals surface area contributed by atoms with Gasteiger partial charge in [-0.3, -0.25) is 13.9 Å². The predicted molar refractivity (Wildman–Crippen MR) is 168 cm³/mol. The van der Waals surface area contributed by atoms with Crippen LogP contribution in [-0.2, 0) is 31.6 Å². The largest absolute Gasteiger partial charge is 0.355 e.